The van der Waals surface area contributed by atoms with Crippen LogP contribution in [0.25, 0.3) is 0 Å². The Morgan fingerprint density at radius 3 is 2.83 bits per heavy atom. The SMILES string of the molecule is CCCc1cc(C(=O)Nc2cccc(S(=O)(=O)NC3=NCCCCC3)c2)sc1C. The third-order valence-corrected chi connectivity index (χ3v) is 7.26. The number of aryl methyl sites for hydroxylation is 2. The van der Waals surface area contributed by atoms with Gasteiger partial charge in [-0.2, -0.15) is 0 Å². The van der Waals surface area contributed by atoms with Gasteiger partial charge in [-0.25, -0.2) is 8.42 Å². The quantitative estimate of drug-likeness (QED) is 0.702. The van der Waals surface area contributed by atoms with Crippen LogP contribution in [-0.4, -0.2) is 26.7 Å². The zero-order chi connectivity index (χ0) is 20.9. The highest BCUT2D eigenvalue weighted by atomic mass is 32.2. The molecule has 0 saturated heterocycles. The van der Waals surface area contributed by atoms with Crippen LogP contribution in [-0.2, 0) is 16.4 Å². The molecule has 1 aliphatic rings. The first-order chi connectivity index (χ1) is 13.9. The number of thiophene rings is 1. The molecule has 156 valence electrons. The number of nitrogens with zero attached hydrogens (tertiary/aromatic N) is 1. The fourth-order valence-electron chi connectivity index (χ4n) is 3.25. The number of aliphatic imine (C=N–C) groups is 1. The lowest BCUT2D eigenvalue weighted by atomic mass is 10.1. The van der Waals surface area contributed by atoms with Crippen molar-refractivity contribution < 1.29 is 13.2 Å². The van der Waals surface area contributed by atoms with E-state index in [0.717, 1.165) is 37.0 Å². The van der Waals surface area contributed by atoms with Crippen LogP contribution >= 0.6 is 11.3 Å². The zero-order valence-corrected chi connectivity index (χ0v) is 18.5. The van der Waals surface area contributed by atoms with Crippen LogP contribution in [0.5, 0.6) is 0 Å². The molecule has 0 aliphatic carbocycles. The van der Waals surface area contributed by atoms with Gasteiger partial charge in [-0.1, -0.05) is 25.8 Å². The third-order valence-electron chi connectivity index (χ3n) is 4.79. The Morgan fingerprint density at radius 2 is 2.03 bits per heavy atom. The fourth-order valence-corrected chi connectivity index (χ4v) is 5.36. The smallest absolute Gasteiger partial charge is 0.265 e. The van der Waals surface area contributed by atoms with Gasteiger partial charge in [0.15, 0.2) is 0 Å². The minimum atomic E-state index is -3.74. The van der Waals surface area contributed by atoms with Crippen LogP contribution in [0.15, 0.2) is 40.2 Å². The number of carbonyl (C=O) groups excluding carboxylic acids is 1. The summed E-state index contributed by atoms with van der Waals surface area (Å²) >= 11 is 1.46. The van der Waals surface area contributed by atoms with Gasteiger partial charge >= 0.3 is 0 Å². The fraction of sp³-hybridized carbons (Fsp3) is 0.429. The lowest BCUT2D eigenvalue weighted by Crippen LogP contribution is -2.30. The molecule has 0 unspecified atom stereocenters. The van der Waals surface area contributed by atoms with Crippen molar-refractivity contribution in [3.05, 3.63) is 45.6 Å². The molecule has 2 heterocycles. The molecule has 0 atom stereocenters. The van der Waals surface area contributed by atoms with Crippen molar-refractivity contribution in [2.45, 2.75) is 57.3 Å². The van der Waals surface area contributed by atoms with Crippen molar-refractivity contribution in [1.29, 1.82) is 0 Å². The molecule has 0 radical (unpaired) electrons. The molecule has 29 heavy (non-hydrogen) atoms. The van der Waals surface area contributed by atoms with Crippen LogP contribution in [0.1, 0.15) is 59.1 Å². The Hall–Kier alpha value is -2.19. The largest absolute Gasteiger partial charge is 0.321 e. The topological polar surface area (TPSA) is 87.6 Å². The molecule has 0 fully saturated rings. The van der Waals surface area contributed by atoms with Crippen molar-refractivity contribution in [2.24, 2.45) is 4.99 Å². The molecule has 1 aromatic carbocycles. The number of hydrogen-bond acceptors (Lipinski definition) is 5. The van der Waals surface area contributed by atoms with Gasteiger partial charge in [-0.05, 0) is 56.0 Å². The summed E-state index contributed by atoms with van der Waals surface area (Å²) < 4.78 is 28.1. The minimum Gasteiger partial charge on any atom is -0.321 e. The number of sulfonamides is 1. The van der Waals surface area contributed by atoms with Gasteiger partial charge in [0.2, 0.25) is 0 Å². The lowest BCUT2D eigenvalue weighted by molar-refractivity contribution is 0.103. The summed E-state index contributed by atoms with van der Waals surface area (Å²) in [6, 6.07) is 8.23. The van der Waals surface area contributed by atoms with Gasteiger partial charge in [0.05, 0.1) is 9.77 Å². The summed E-state index contributed by atoms with van der Waals surface area (Å²) in [5, 5.41) is 2.82. The molecule has 3 rings (SSSR count). The maximum absolute atomic E-state index is 12.7. The lowest BCUT2D eigenvalue weighted by Gasteiger charge is -2.11. The molecule has 2 aromatic rings. The van der Waals surface area contributed by atoms with Gasteiger partial charge in [-0.3, -0.25) is 14.5 Å². The molecule has 0 bridgehead atoms. The monoisotopic (exact) mass is 433 g/mol. The zero-order valence-electron chi connectivity index (χ0n) is 16.8. The molecular weight excluding hydrogens is 406 g/mol. The Labute approximate surface area is 176 Å². The van der Waals surface area contributed by atoms with Crippen molar-refractivity contribution in [2.75, 3.05) is 11.9 Å². The van der Waals surface area contributed by atoms with Crippen LogP contribution in [0, 0.1) is 6.92 Å². The summed E-state index contributed by atoms with van der Waals surface area (Å²) in [4.78, 5) is 18.8. The van der Waals surface area contributed by atoms with Crippen LogP contribution in [0.3, 0.4) is 0 Å². The van der Waals surface area contributed by atoms with Gasteiger partial charge < -0.3 is 5.32 Å². The van der Waals surface area contributed by atoms with E-state index >= 15 is 0 Å². The standard InChI is InChI=1S/C21H27N3O3S2/c1-3-8-16-13-19(28-15(16)2)21(25)23-17-9-7-10-18(14-17)29(26,27)24-20-11-5-4-6-12-22-20/h7,9-10,13-14H,3-6,8,11-12H2,1-2H3,(H,22,24)(H,23,25). The molecule has 2 N–H and O–H groups in total. The number of amides is 1. The highest BCUT2D eigenvalue weighted by Crippen LogP contribution is 2.24. The summed E-state index contributed by atoms with van der Waals surface area (Å²) in [5.74, 6) is 0.283. The summed E-state index contributed by atoms with van der Waals surface area (Å²) in [5.41, 5.74) is 1.64. The number of nitrogens with one attached hydrogen (secondary N) is 2. The van der Waals surface area contributed by atoms with E-state index in [2.05, 4.69) is 22.0 Å². The summed E-state index contributed by atoms with van der Waals surface area (Å²) in [6.45, 7) is 4.77. The van der Waals surface area contributed by atoms with E-state index in [1.807, 2.05) is 13.0 Å². The van der Waals surface area contributed by atoms with Crippen LogP contribution in [0.2, 0.25) is 0 Å². The van der Waals surface area contributed by atoms with Gasteiger partial charge in [0.1, 0.15) is 5.84 Å². The molecule has 1 aromatic heterocycles. The predicted octanol–water partition coefficient (Wildman–Crippen LogP) is 4.51. The van der Waals surface area contributed by atoms with Crippen molar-refractivity contribution in [1.82, 2.24) is 4.72 Å². The number of carbonyl (C=O) groups is 1. The highest BCUT2D eigenvalue weighted by molar-refractivity contribution is 7.90. The second kappa shape index (κ2) is 9.54. The first kappa shape index (κ1) is 21.5. The van der Waals surface area contributed by atoms with E-state index < -0.39 is 10.0 Å². The molecular formula is C21H27N3O3S2. The number of amidine groups is 1. The summed E-state index contributed by atoms with van der Waals surface area (Å²) in [6.07, 6.45) is 5.56. The van der Waals surface area contributed by atoms with Crippen LogP contribution in [0.4, 0.5) is 5.69 Å². The van der Waals surface area contributed by atoms with Crippen molar-refractivity contribution in [3.8, 4) is 0 Å². The van der Waals surface area contributed by atoms with E-state index in [4.69, 9.17) is 0 Å². The van der Waals surface area contributed by atoms with E-state index in [9.17, 15) is 13.2 Å². The Bertz CT molecular complexity index is 1010. The summed E-state index contributed by atoms with van der Waals surface area (Å²) in [7, 11) is -3.74. The average molecular weight is 434 g/mol. The van der Waals surface area contributed by atoms with E-state index in [0.29, 0.717) is 29.4 Å². The molecule has 8 heteroatoms. The molecule has 0 spiro atoms. The number of benzene rings is 1. The minimum absolute atomic E-state index is 0.108. The Balaban J connectivity index is 1.74. The second-order valence-electron chi connectivity index (χ2n) is 7.17. The van der Waals surface area contributed by atoms with Crippen molar-refractivity contribution in [3.63, 3.8) is 0 Å². The third kappa shape index (κ3) is 5.67. The molecule has 1 amide bonds. The number of anilines is 1. The highest BCUT2D eigenvalue weighted by Gasteiger charge is 2.19. The van der Waals surface area contributed by atoms with E-state index in [1.54, 1.807) is 12.1 Å². The number of hydrogen-bond donors (Lipinski definition) is 2. The first-order valence-electron chi connectivity index (χ1n) is 9.96. The van der Waals surface area contributed by atoms with E-state index in [-0.39, 0.29) is 10.8 Å². The van der Waals surface area contributed by atoms with Crippen molar-refractivity contribution >= 4 is 38.8 Å². The maximum Gasteiger partial charge on any atom is 0.265 e. The number of rotatable bonds is 6. The Morgan fingerprint density at radius 1 is 1.21 bits per heavy atom. The Kier molecular flexibility index (Phi) is 7.08. The predicted molar refractivity (Wildman–Crippen MR) is 119 cm³/mol. The van der Waals surface area contributed by atoms with Crippen LogP contribution < -0.4 is 10.0 Å². The van der Waals surface area contributed by atoms with E-state index in [1.165, 1.54) is 29.0 Å². The van der Waals surface area contributed by atoms with Gasteiger partial charge in [-0.15, -0.1) is 11.3 Å². The molecule has 1 aliphatic heterocycles. The first-order valence-corrected chi connectivity index (χ1v) is 12.3. The average Bonchev–Trinajstić information content (AvgIpc) is 2.88. The van der Waals surface area contributed by atoms with Gasteiger partial charge in [0.25, 0.3) is 15.9 Å². The molecule has 0 saturated carbocycles. The molecule has 6 nitrogen and oxygen atoms in total. The normalized spacial score (nSPS) is 14.8. The van der Waals surface area contributed by atoms with Gasteiger partial charge in [0, 0.05) is 23.5 Å². The second-order valence-corrected chi connectivity index (χ2v) is 10.1. The maximum atomic E-state index is 12.7.